The molecular formula is C22H32N6O6S. The number of H-pyrrole nitrogens is 1. The summed E-state index contributed by atoms with van der Waals surface area (Å²) >= 11 is 0. The quantitative estimate of drug-likeness (QED) is 0.188. The van der Waals surface area contributed by atoms with Crippen molar-refractivity contribution in [2.24, 2.45) is 0 Å². The van der Waals surface area contributed by atoms with Crippen LogP contribution in [0.2, 0.25) is 0 Å². The van der Waals surface area contributed by atoms with Gasteiger partial charge in [0.25, 0.3) is 0 Å². The minimum absolute atomic E-state index is 0.0155. The Morgan fingerprint density at radius 2 is 1.94 bits per heavy atom. The second-order valence-corrected chi connectivity index (χ2v) is 10.5. The molecular weight excluding hydrogens is 476 g/mol. The maximum atomic E-state index is 13.5. The average molecular weight is 509 g/mol. The molecule has 0 saturated carbocycles. The summed E-state index contributed by atoms with van der Waals surface area (Å²) in [6, 6.07) is 2.62. The second-order valence-electron chi connectivity index (χ2n) is 8.84. The molecule has 0 aliphatic carbocycles. The Bertz CT molecular complexity index is 1170. The van der Waals surface area contributed by atoms with E-state index < -0.39 is 33.6 Å². The lowest BCUT2D eigenvalue weighted by atomic mass is 10.0. The fourth-order valence-electron chi connectivity index (χ4n) is 4.30. The molecule has 0 bridgehead atoms. The smallest absolute Gasteiger partial charge is 0.345 e. The summed E-state index contributed by atoms with van der Waals surface area (Å²) in [5.41, 5.74) is 8.43. The zero-order valence-electron chi connectivity index (χ0n) is 20.0. The van der Waals surface area contributed by atoms with Crippen molar-refractivity contribution in [3.63, 3.8) is 0 Å². The first-order valence-electron chi connectivity index (χ1n) is 11.3. The maximum Gasteiger partial charge on any atom is 0.345 e. The third kappa shape index (κ3) is 6.36. The van der Waals surface area contributed by atoms with Gasteiger partial charge in [0.2, 0.25) is 21.6 Å². The molecule has 1 aromatic heterocycles. The number of imidazole rings is 1. The lowest BCUT2D eigenvalue weighted by molar-refractivity contribution is -0.149. The van der Waals surface area contributed by atoms with E-state index in [1.54, 1.807) is 32.2 Å². The highest BCUT2D eigenvalue weighted by molar-refractivity contribution is 7.89. The molecule has 35 heavy (non-hydrogen) atoms. The number of carbonyl (C=O) groups is 2. The minimum Gasteiger partial charge on any atom is -0.478 e. The number of carboxylic acids is 1. The number of aliphatic carboxylic acids is 1. The largest absolute Gasteiger partial charge is 0.478 e. The number of anilines is 1. The number of hydroxylamine groups is 1. The topological polar surface area (TPSA) is 189 Å². The van der Waals surface area contributed by atoms with Crippen LogP contribution in [0.25, 0.3) is 0 Å². The van der Waals surface area contributed by atoms with Crippen LogP contribution >= 0.6 is 0 Å². The Balaban J connectivity index is 1.88. The number of aromatic amines is 1. The van der Waals surface area contributed by atoms with E-state index in [9.17, 15) is 23.1 Å². The fraction of sp³-hybridized carbons (Fsp3) is 0.500. The summed E-state index contributed by atoms with van der Waals surface area (Å²) in [7, 11) is -4.33. The van der Waals surface area contributed by atoms with Crippen LogP contribution in [0.15, 0.2) is 23.2 Å². The first-order valence-corrected chi connectivity index (χ1v) is 12.8. The number of carbonyl (C=O) groups excluding carboxylic acids is 1. The first kappa shape index (κ1) is 26.6. The van der Waals surface area contributed by atoms with Crippen LogP contribution in [0.4, 0.5) is 5.95 Å². The average Bonchev–Trinajstić information content (AvgIpc) is 3.41. The number of nitrogens with two attached hydrogens (primary N) is 1. The van der Waals surface area contributed by atoms with Gasteiger partial charge in [-0.1, -0.05) is 17.7 Å². The van der Waals surface area contributed by atoms with Gasteiger partial charge in [-0.3, -0.25) is 4.79 Å². The highest BCUT2D eigenvalue weighted by Crippen LogP contribution is 2.25. The number of amides is 1. The van der Waals surface area contributed by atoms with Gasteiger partial charge >= 0.3 is 5.97 Å². The van der Waals surface area contributed by atoms with Gasteiger partial charge in [0.1, 0.15) is 6.04 Å². The molecule has 7 N–H and O–H groups in total. The lowest BCUT2D eigenvalue weighted by Crippen LogP contribution is -2.67. The standard InChI is InChI=1S/C22H32N6O6S/c1-13-10-14(2)18(15(3)11-13)35(32,33)28-22(20(30)31,26-19(29)17-7-9-34-27-17)8-5-4-6-16-12-24-21(23)25-16/h10-12,17,27-28H,4-9H2,1-3H3,(H,26,29)(H,30,31)(H3,23,24,25). The summed E-state index contributed by atoms with van der Waals surface area (Å²) in [5, 5.41) is 12.6. The number of aryl methyl sites for hydroxylation is 4. The highest BCUT2D eigenvalue weighted by atomic mass is 32.2. The molecule has 192 valence electrons. The third-order valence-corrected chi connectivity index (χ3v) is 7.63. The number of rotatable bonds is 11. The fourth-order valence-corrected chi connectivity index (χ4v) is 6.07. The number of hydrogen-bond acceptors (Lipinski definition) is 8. The van der Waals surface area contributed by atoms with Crippen molar-refractivity contribution in [2.45, 2.75) is 69.5 Å². The number of nitrogens with one attached hydrogen (secondary N) is 4. The van der Waals surface area contributed by atoms with E-state index in [-0.39, 0.29) is 30.3 Å². The number of carboxylic acid groups (broad SMARTS) is 1. The molecule has 13 heteroatoms. The Hall–Kier alpha value is -3.00. The van der Waals surface area contributed by atoms with Crippen molar-refractivity contribution in [3.8, 4) is 0 Å². The van der Waals surface area contributed by atoms with E-state index in [1.165, 1.54) is 0 Å². The first-order chi connectivity index (χ1) is 16.4. The Kier molecular flexibility index (Phi) is 8.15. The Morgan fingerprint density at radius 1 is 1.26 bits per heavy atom. The van der Waals surface area contributed by atoms with Crippen molar-refractivity contribution >= 4 is 27.8 Å². The Morgan fingerprint density at radius 3 is 2.49 bits per heavy atom. The number of hydrogen-bond donors (Lipinski definition) is 6. The monoisotopic (exact) mass is 508 g/mol. The van der Waals surface area contributed by atoms with E-state index in [4.69, 9.17) is 10.6 Å². The number of sulfonamides is 1. The van der Waals surface area contributed by atoms with Gasteiger partial charge in [0.15, 0.2) is 5.95 Å². The van der Waals surface area contributed by atoms with Gasteiger partial charge in [0, 0.05) is 5.69 Å². The zero-order valence-corrected chi connectivity index (χ0v) is 20.8. The van der Waals surface area contributed by atoms with Crippen LogP contribution in [0.3, 0.4) is 0 Å². The zero-order chi connectivity index (χ0) is 25.8. The van der Waals surface area contributed by atoms with Gasteiger partial charge in [0.05, 0.1) is 17.7 Å². The van der Waals surface area contributed by atoms with E-state index in [0.29, 0.717) is 30.4 Å². The number of benzene rings is 1. The van der Waals surface area contributed by atoms with Gasteiger partial charge in [-0.25, -0.2) is 18.2 Å². The van der Waals surface area contributed by atoms with Crippen molar-refractivity contribution in [1.29, 1.82) is 0 Å². The van der Waals surface area contributed by atoms with Gasteiger partial charge in [-0.05, 0) is 64.0 Å². The van der Waals surface area contributed by atoms with E-state index in [1.807, 2.05) is 6.92 Å². The van der Waals surface area contributed by atoms with Crippen molar-refractivity contribution in [3.05, 3.63) is 40.7 Å². The molecule has 2 aromatic rings. The van der Waals surface area contributed by atoms with Gasteiger partial charge in [-0.2, -0.15) is 10.2 Å². The summed E-state index contributed by atoms with van der Waals surface area (Å²) in [4.78, 5) is 37.2. The SMILES string of the molecule is Cc1cc(C)c(S(=O)(=O)NC(CCCCc2cnc(N)[nH]2)(NC(=O)C2CCON2)C(=O)O)c(C)c1. The van der Waals surface area contributed by atoms with Crippen molar-refractivity contribution in [1.82, 2.24) is 25.5 Å². The molecule has 0 radical (unpaired) electrons. The molecule has 1 aliphatic rings. The summed E-state index contributed by atoms with van der Waals surface area (Å²) < 4.78 is 29.3. The molecule has 1 aromatic carbocycles. The van der Waals surface area contributed by atoms with E-state index in [2.05, 4.69) is 25.5 Å². The number of unbranched alkanes of at least 4 members (excludes halogenated alkanes) is 1. The van der Waals surface area contributed by atoms with E-state index >= 15 is 0 Å². The normalized spacial score (nSPS) is 17.7. The predicted octanol–water partition coefficient (Wildman–Crippen LogP) is 0.799. The molecule has 0 spiro atoms. The Labute approximate surface area is 204 Å². The summed E-state index contributed by atoms with van der Waals surface area (Å²) in [6.45, 7) is 5.41. The van der Waals surface area contributed by atoms with Gasteiger partial charge < -0.3 is 26.0 Å². The van der Waals surface area contributed by atoms with Crippen LogP contribution in [0.5, 0.6) is 0 Å². The van der Waals surface area contributed by atoms with Crippen LogP contribution in [0.1, 0.15) is 48.1 Å². The molecule has 1 aliphatic heterocycles. The predicted molar refractivity (Wildman–Crippen MR) is 128 cm³/mol. The van der Waals surface area contributed by atoms with E-state index in [0.717, 1.165) is 11.3 Å². The minimum atomic E-state index is -4.33. The third-order valence-electron chi connectivity index (χ3n) is 5.83. The number of nitrogens with zero attached hydrogens (tertiary/aromatic N) is 1. The highest BCUT2D eigenvalue weighted by Gasteiger charge is 2.45. The molecule has 1 saturated heterocycles. The van der Waals surface area contributed by atoms with Crippen LogP contribution in [-0.2, 0) is 30.9 Å². The number of aromatic nitrogens is 2. The molecule has 1 fully saturated rings. The molecule has 1 amide bonds. The maximum absolute atomic E-state index is 13.5. The molecule has 2 heterocycles. The van der Waals surface area contributed by atoms with Crippen molar-refractivity contribution in [2.75, 3.05) is 12.3 Å². The van der Waals surface area contributed by atoms with Crippen LogP contribution in [0, 0.1) is 20.8 Å². The van der Waals surface area contributed by atoms with Crippen LogP contribution in [-0.4, -0.2) is 53.7 Å². The van der Waals surface area contributed by atoms with Gasteiger partial charge in [-0.15, -0.1) is 0 Å². The molecule has 2 atom stereocenters. The number of nitrogen functional groups attached to an aromatic ring is 1. The second kappa shape index (κ2) is 10.7. The molecule has 2 unspecified atom stereocenters. The van der Waals surface area contributed by atoms with Crippen LogP contribution < -0.4 is 21.3 Å². The van der Waals surface area contributed by atoms with Crippen molar-refractivity contribution < 1.29 is 28.0 Å². The lowest BCUT2D eigenvalue weighted by Gasteiger charge is -2.32. The molecule has 12 nitrogen and oxygen atoms in total. The summed E-state index contributed by atoms with van der Waals surface area (Å²) in [6.07, 6.45) is 3.03. The summed E-state index contributed by atoms with van der Waals surface area (Å²) in [5.74, 6) is -1.91. The molecule has 3 rings (SSSR count).